The van der Waals surface area contributed by atoms with Gasteiger partial charge in [0, 0.05) is 0 Å². The Morgan fingerprint density at radius 2 is 1.59 bits per heavy atom. The molecular formula is C21H28O. The average molecular weight is 296 g/mol. The highest BCUT2D eigenvalue weighted by Crippen LogP contribution is 2.17. The summed E-state index contributed by atoms with van der Waals surface area (Å²) in [4.78, 5) is 0. The lowest BCUT2D eigenvalue weighted by Gasteiger charge is -2.06. The monoisotopic (exact) mass is 296 g/mol. The number of benzene rings is 2. The third-order valence-corrected chi connectivity index (χ3v) is 3.64. The molecule has 0 N–H and O–H groups in total. The molecule has 0 aliphatic rings. The Bertz CT molecular complexity index is 540. The number of hydrogen-bond acceptors (Lipinski definition) is 1. The zero-order chi connectivity index (χ0) is 16.4. The van der Waals surface area contributed by atoms with Gasteiger partial charge in [0.05, 0.1) is 6.61 Å². The lowest BCUT2D eigenvalue weighted by molar-refractivity contribution is 0.340. The van der Waals surface area contributed by atoms with Crippen LogP contribution in [0.15, 0.2) is 61.2 Å². The normalized spacial score (nSPS) is 11.1. The molecule has 2 aromatic rings. The van der Waals surface area contributed by atoms with Gasteiger partial charge in [-0.25, -0.2) is 0 Å². The molecule has 1 atom stereocenters. The third kappa shape index (κ3) is 6.17. The maximum atomic E-state index is 5.31. The van der Waals surface area contributed by atoms with Crippen LogP contribution in [0.3, 0.4) is 0 Å². The van der Waals surface area contributed by atoms with Crippen LogP contribution >= 0.6 is 0 Å². The Kier molecular flexibility index (Phi) is 8.06. The van der Waals surface area contributed by atoms with E-state index < -0.39 is 0 Å². The molecule has 0 radical (unpaired) electrons. The largest absolute Gasteiger partial charge is 0.494 e. The van der Waals surface area contributed by atoms with Gasteiger partial charge in [-0.3, -0.25) is 0 Å². The predicted molar refractivity (Wildman–Crippen MR) is 97.5 cm³/mol. The minimum absolute atomic E-state index is 0.709. The fourth-order valence-corrected chi connectivity index (χ4v) is 2.02. The van der Waals surface area contributed by atoms with Crippen molar-refractivity contribution in [2.75, 3.05) is 6.61 Å². The van der Waals surface area contributed by atoms with E-state index in [2.05, 4.69) is 50.8 Å². The van der Waals surface area contributed by atoms with Gasteiger partial charge < -0.3 is 4.74 Å². The molecule has 2 aromatic carbocycles. The molecule has 1 unspecified atom stereocenters. The van der Waals surface area contributed by atoms with E-state index in [0.29, 0.717) is 12.5 Å². The van der Waals surface area contributed by atoms with Crippen molar-refractivity contribution in [3.8, 4) is 5.75 Å². The second-order valence-electron chi connectivity index (χ2n) is 5.46. The molecule has 0 amide bonds. The first kappa shape index (κ1) is 18.0. The van der Waals surface area contributed by atoms with Crippen LogP contribution in [0.2, 0.25) is 0 Å². The molecule has 0 aromatic heterocycles. The van der Waals surface area contributed by atoms with Crippen molar-refractivity contribution in [3.05, 3.63) is 72.3 Å². The molecule has 0 aliphatic heterocycles. The average Bonchev–Trinajstić information content (AvgIpc) is 2.56. The maximum Gasteiger partial charge on any atom is 0.119 e. The zero-order valence-electron chi connectivity index (χ0n) is 14.3. The van der Waals surface area contributed by atoms with Gasteiger partial charge >= 0.3 is 0 Å². The fourth-order valence-electron chi connectivity index (χ4n) is 2.02. The Labute approximate surface area is 135 Å². The van der Waals surface area contributed by atoms with E-state index in [0.717, 1.165) is 11.3 Å². The lowest BCUT2D eigenvalue weighted by atomic mass is 9.99. The van der Waals surface area contributed by atoms with Crippen LogP contribution in [0.1, 0.15) is 51.2 Å². The molecule has 2 rings (SSSR count). The molecule has 0 heterocycles. The van der Waals surface area contributed by atoms with Gasteiger partial charge in [-0.2, -0.15) is 0 Å². The minimum atomic E-state index is 0.709. The predicted octanol–water partition coefficient (Wildman–Crippen LogP) is 6.32. The van der Waals surface area contributed by atoms with Crippen molar-refractivity contribution in [2.24, 2.45) is 0 Å². The van der Waals surface area contributed by atoms with Crippen LogP contribution in [0.5, 0.6) is 5.75 Å². The lowest BCUT2D eigenvalue weighted by Crippen LogP contribution is -1.90. The molecule has 0 fully saturated rings. The van der Waals surface area contributed by atoms with E-state index >= 15 is 0 Å². The molecule has 1 heteroatoms. The molecule has 0 spiro atoms. The quantitative estimate of drug-likeness (QED) is 0.627. The van der Waals surface area contributed by atoms with Crippen molar-refractivity contribution >= 4 is 5.57 Å². The smallest absolute Gasteiger partial charge is 0.119 e. The van der Waals surface area contributed by atoms with Crippen molar-refractivity contribution in [2.45, 2.75) is 40.0 Å². The molecule has 1 nitrogen and oxygen atoms in total. The van der Waals surface area contributed by atoms with Crippen molar-refractivity contribution in [3.63, 3.8) is 0 Å². The van der Waals surface area contributed by atoms with Gasteiger partial charge in [0.25, 0.3) is 0 Å². The van der Waals surface area contributed by atoms with E-state index in [4.69, 9.17) is 4.74 Å². The fraction of sp³-hybridized carbons (Fsp3) is 0.333. The van der Waals surface area contributed by atoms with Gasteiger partial charge in [-0.05, 0) is 49.4 Å². The second-order valence-corrected chi connectivity index (χ2v) is 5.46. The molecule has 0 bridgehead atoms. The van der Waals surface area contributed by atoms with Crippen molar-refractivity contribution in [1.82, 2.24) is 0 Å². The zero-order valence-corrected chi connectivity index (χ0v) is 14.3. The summed E-state index contributed by atoms with van der Waals surface area (Å²) in [6.45, 7) is 13.0. The molecule has 0 saturated heterocycles. The highest BCUT2D eigenvalue weighted by molar-refractivity contribution is 5.61. The first-order valence-electron chi connectivity index (χ1n) is 8.02. The number of hydrogen-bond donors (Lipinski definition) is 0. The van der Waals surface area contributed by atoms with Gasteiger partial charge in [0.15, 0.2) is 0 Å². The van der Waals surface area contributed by atoms with Gasteiger partial charge in [0.1, 0.15) is 5.75 Å². The van der Waals surface area contributed by atoms with E-state index in [1.807, 2.05) is 38.1 Å². The number of rotatable bonds is 5. The molecule has 0 aliphatic carbocycles. The van der Waals surface area contributed by atoms with Gasteiger partial charge in [-0.1, -0.05) is 68.5 Å². The first-order valence-corrected chi connectivity index (χ1v) is 8.02. The Balaban J connectivity index is 0.000000224. The third-order valence-electron chi connectivity index (χ3n) is 3.64. The summed E-state index contributed by atoms with van der Waals surface area (Å²) in [5.41, 5.74) is 3.70. The van der Waals surface area contributed by atoms with Gasteiger partial charge in [-0.15, -0.1) is 0 Å². The summed E-state index contributed by atoms with van der Waals surface area (Å²) < 4.78 is 5.31. The van der Waals surface area contributed by atoms with Crippen LogP contribution in [0.4, 0.5) is 0 Å². The van der Waals surface area contributed by atoms with Gasteiger partial charge in [0.2, 0.25) is 0 Å². The number of allylic oxidation sites excluding steroid dienone is 1. The van der Waals surface area contributed by atoms with Crippen LogP contribution < -0.4 is 4.74 Å². The first-order chi connectivity index (χ1) is 10.6. The summed E-state index contributed by atoms with van der Waals surface area (Å²) in [5.74, 6) is 1.63. The molecule has 22 heavy (non-hydrogen) atoms. The van der Waals surface area contributed by atoms with Crippen LogP contribution in [-0.2, 0) is 0 Å². The minimum Gasteiger partial charge on any atom is -0.494 e. The topological polar surface area (TPSA) is 9.23 Å². The Hall–Kier alpha value is -2.02. The SMILES string of the molecule is C=C(C)c1ccc(OCC)cc1.CCC(C)c1ccccc1. The second kappa shape index (κ2) is 9.83. The summed E-state index contributed by atoms with van der Waals surface area (Å²) in [7, 11) is 0. The van der Waals surface area contributed by atoms with Crippen LogP contribution in [-0.4, -0.2) is 6.61 Å². The summed E-state index contributed by atoms with van der Waals surface area (Å²) in [6.07, 6.45) is 1.23. The standard InChI is InChI=1S/C11H14O.C10H14/c1-4-12-11-7-5-10(6-8-11)9(2)3;1-3-9(2)10-7-5-4-6-8-10/h5-8H,2,4H2,1,3H3;4-9H,3H2,1-2H3. The summed E-state index contributed by atoms with van der Waals surface area (Å²) in [5, 5.41) is 0. The van der Waals surface area contributed by atoms with Crippen LogP contribution in [0.25, 0.3) is 5.57 Å². The van der Waals surface area contributed by atoms with Crippen molar-refractivity contribution < 1.29 is 4.74 Å². The van der Waals surface area contributed by atoms with E-state index in [9.17, 15) is 0 Å². The highest BCUT2D eigenvalue weighted by Gasteiger charge is 1.98. The Morgan fingerprint density at radius 3 is 2.05 bits per heavy atom. The van der Waals surface area contributed by atoms with E-state index in [1.54, 1.807) is 0 Å². The highest BCUT2D eigenvalue weighted by atomic mass is 16.5. The van der Waals surface area contributed by atoms with Crippen LogP contribution in [0, 0.1) is 0 Å². The summed E-state index contributed by atoms with van der Waals surface area (Å²) >= 11 is 0. The van der Waals surface area contributed by atoms with E-state index in [-0.39, 0.29) is 0 Å². The van der Waals surface area contributed by atoms with E-state index in [1.165, 1.54) is 17.5 Å². The summed E-state index contributed by atoms with van der Waals surface area (Å²) in [6, 6.07) is 18.6. The molecular weight excluding hydrogens is 268 g/mol. The van der Waals surface area contributed by atoms with Crippen molar-refractivity contribution in [1.29, 1.82) is 0 Å². The number of ether oxygens (including phenoxy) is 1. The molecule has 118 valence electrons. The Morgan fingerprint density at radius 1 is 1.00 bits per heavy atom. The molecule has 0 saturated carbocycles. The maximum absolute atomic E-state index is 5.31.